The Bertz CT molecular complexity index is 340. The predicted molar refractivity (Wildman–Crippen MR) is 90.0 cm³/mol. The van der Waals surface area contributed by atoms with Crippen LogP contribution >= 0.6 is 8.38 Å². The summed E-state index contributed by atoms with van der Waals surface area (Å²) in [5, 5.41) is 0. The third-order valence-electron chi connectivity index (χ3n) is 4.11. The molecule has 0 radical (unpaired) electrons. The second kappa shape index (κ2) is 8.97. The van der Waals surface area contributed by atoms with E-state index in [1.807, 2.05) is 6.66 Å². The molecular formula is C13H27B2O6P. The SMILES string of the molecule is BC1CC(OC)C(COP(C)OC2CC(B)OC2COC)O1. The van der Waals surface area contributed by atoms with Crippen LogP contribution in [0.25, 0.3) is 0 Å². The van der Waals surface area contributed by atoms with E-state index in [4.69, 9.17) is 28.0 Å². The molecule has 7 unspecified atom stereocenters. The number of methoxy groups -OCH3 is 2. The minimum atomic E-state index is -0.974. The molecule has 0 bridgehead atoms. The monoisotopic (exact) mass is 332 g/mol. The maximum atomic E-state index is 6.04. The quantitative estimate of drug-likeness (QED) is 0.441. The van der Waals surface area contributed by atoms with Crippen molar-refractivity contribution in [2.24, 2.45) is 0 Å². The normalized spacial score (nSPS) is 40.1. The zero-order chi connectivity index (χ0) is 16.1. The molecule has 0 aromatic rings. The Labute approximate surface area is 136 Å². The average molecular weight is 332 g/mol. The van der Waals surface area contributed by atoms with E-state index in [0.717, 1.165) is 12.8 Å². The van der Waals surface area contributed by atoms with Gasteiger partial charge in [0.1, 0.15) is 27.9 Å². The lowest BCUT2D eigenvalue weighted by Crippen LogP contribution is -2.29. The van der Waals surface area contributed by atoms with Crippen LogP contribution in [0.5, 0.6) is 0 Å². The molecule has 0 spiro atoms. The highest BCUT2D eigenvalue weighted by Gasteiger charge is 2.36. The van der Waals surface area contributed by atoms with Gasteiger partial charge in [-0.1, -0.05) is 0 Å². The van der Waals surface area contributed by atoms with Crippen LogP contribution in [-0.4, -0.2) is 86.2 Å². The number of hydrogen-bond donors (Lipinski definition) is 0. The molecule has 2 saturated heterocycles. The van der Waals surface area contributed by atoms with Gasteiger partial charge in [0.25, 0.3) is 0 Å². The molecule has 2 aliphatic rings. The summed E-state index contributed by atoms with van der Waals surface area (Å²) in [6, 6.07) is 0.420. The van der Waals surface area contributed by atoms with E-state index in [0.29, 0.717) is 13.2 Å². The molecule has 0 saturated carbocycles. The molecule has 22 heavy (non-hydrogen) atoms. The molecule has 2 rings (SSSR count). The zero-order valence-electron chi connectivity index (χ0n) is 14.2. The second-order valence-corrected chi connectivity index (χ2v) is 7.40. The van der Waals surface area contributed by atoms with Crippen molar-refractivity contribution in [1.29, 1.82) is 0 Å². The smallest absolute Gasteiger partial charge is 0.167 e. The minimum Gasteiger partial charge on any atom is -0.382 e. The third-order valence-corrected chi connectivity index (χ3v) is 5.19. The van der Waals surface area contributed by atoms with E-state index in [1.54, 1.807) is 14.2 Å². The molecule has 7 atom stereocenters. The third kappa shape index (κ3) is 5.17. The summed E-state index contributed by atoms with van der Waals surface area (Å²) in [5.74, 6) is 0. The summed E-state index contributed by atoms with van der Waals surface area (Å²) >= 11 is 0. The molecule has 126 valence electrons. The Morgan fingerprint density at radius 1 is 1.00 bits per heavy atom. The van der Waals surface area contributed by atoms with Gasteiger partial charge in [-0.3, -0.25) is 0 Å². The highest BCUT2D eigenvalue weighted by molar-refractivity contribution is 7.46. The van der Waals surface area contributed by atoms with E-state index in [9.17, 15) is 0 Å². The molecule has 0 aliphatic carbocycles. The number of rotatable bonds is 8. The zero-order valence-corrected chi connectivity index (χ0v) is 15.1. The van der Waals surface area contributed by atoms with Crippen molar-refractivity contribution < 1.29 is 28.0 Å². The van der Waals surface area contributed by atoms with E-state index in [1.165, 1.54) is 0 Å². The van der Waals surface area contributed by atoms with Crippen molar-refractivity contribution in [2.45, 2.75) is 49.3 Å². The molecule has 9 heteroatoms. The summed E-state index contributed by atoms with van der Waals surface area (Å²) in [5.41, 5.74) is 0. The minimum absolute atomic E-state index is 0.0111. The van der Waals surface area contributed by atoms with Gasteiger partial charge in [-0.2, -0.15) is 0 Å². The lowest BCUT2D eigenvalue weighted by atomic mass is 9.96. The lowest BCUT2D eigenvalue weighted by Gasteiger charge is -2.24. The summed E-state index contributed by atoms with van der Waals surface area (Å²) in [7, 11) is 6.54. The van der Waals surface area contributed by atoms with Gasteiger partial charge in [-0.25, -0.2) is 0 Å². The van der Waals surface area contributed by atoms with Crippen LogP contribution in [0.1, 0.15) is 12.8 Å². The van der Waals surface area contributed by atoms with Crippen LogP contribution in [0.3, 0.4) is 0 Å². The standard InChI is InChI=1S/C13H27B2O6P/c1-16-6-10-9(5-13(15)19-10)21-22(3)18-7-11-8(17-2)4-12(14)20-11/h8-13H,4-7,14-15H2,1-3H3. The first-order valence-electron chi connectivity index (χ1n) is 7.89. The van der Waals surface area contributed by atoms with Gasteiger partial charge in [0.15, 0.2) is 8.38 Å². The largest absolute Gasteiger partial charge is 0.382 e. The van der Waals surface area contributed by atoms with E-state index >= 15 is 0 Å². The molecular weight excluding hydrogens is 305 g/mol. The van der Waals surface area contributed by atoms with Crippen molar-refractivity contribution in [1.82, 2.24) is 0 Å². The number of hydrogen-bond acceptors (Lipinski definition) is 6. The van der Waals surface area contributed by atoms with Gasteiger partial charge < -0.3 is 28.0 Å². The molecule has 0 aromatic carbocycles. The first-order chi connectivity index (χ1) is 10.5. The van der Waals surface area contributed by atoms with E-state index < -0.39 is 8.38 Å². The molecule has 2 fully saturated rings. The molecule has 2 heterocycles. The first-order valence-corrected chi connectivity index (χ1v) is 9.52. The maximum absolute atomic E-state index is 6.04. The topological polar surface area (TPSA) is 55.4 Å². The van der Waals surface area contributed by atoms with Gasteiger partial charge in [-0.05, 0) is 12.8 Å². The van der Waals surface area contributed by atoms with Crippen LogP contribution < -0.4 is 0 Å². The second-order valence-electron chi connectivity index (χ2n) is 6.05. The van der Waals surface area contributed by atoms with Crippen LogP contribution in [0.4, 0.5) is 0 Å². The number of ether oxygens (including phenoxy) is 4. The van der Waals surface area contributed by atoms with Crippen LogP contribution in [-0.2, 0) is 28.0 Å². The Hall–Kier alpha value is 0.320. The fourth-order valence-corrected chi connectivity index (χ4v) is 4.08. The van der Waals surface area contributed by atoms with Gasteiger partial charge in [0.05, 0.1) is 25.4 Å². The summed E-state index contributed by atoms with van der Waals surface area (Å²) < 4.78 is 34.2. The Balaban J connectivity index is 1.74. The van der Waals surface area contributed by atoms with E-state index in [-0.39, 0.29) is 36.4 Å². The van der Waals surface area contributed by atoms with Crippen molar-refractivity contribution in [3.63, 3.8) is 0 Å². The fraction of sp³-hybridized carbons (Fsp3) is 1.00. The average Bonchev–Trinajstić information content (AvgIpc) is 3.00. The van der Waals surface area contributed by atoms with Crippen molar-refractivity contribution in [3.05, 3.63) is 0 Å². The maximum Gasteiger partial charge on any atom is 0.167 e. The van der Waals surface area contributed by atoms with Crippen LogP contribution in [0.15, 0.2) is 0 Å². The van der Waals surface area contributed by atoms with Gasteiger partial charge >= 0.3 is 0 Å². The highest BCUT2D eigenvalue weighted by Crippen LogP contribution is 2.40. The van der Waals surface area contributed by atoms with Gasteiger partial charge in [-0.15, -0.1) is 0 Å². The Kier molecular flexibility index (Phi) is 7.61. The van der Waals surface area contributed by atoms with Crippen molar-refractivity contribution in [3.8, 4) is 0 Å². The lowest BCUT2D eigenvalue weighted by molar-refractivity contribution is -0.0239. The summed E-state index contributed by atoms with van der Waals surface area (Å²) in [6.07, 6.45) is 1.91. The molecule has 0 N–H and O–H groups in total. The van der Waals surface area contributed by atoms with Crippen LogP contribution in [0, 0.1) is 0 Å². The van der Waals surface area contributed by atoms with E-state index in [2.05, 4.69) is 15.7 Å². The first kappa shape index (κ1) is 18.7. The van der Waals surface area contributed by atoms with Crippen LogP contribution in [0.2, 0.25) is 0 Å². The summed E-state index contributed by atoms with van der Waals surface area (Å²) in [6.45, 7) is 3.03. The van der Waals surface area contributed by atoms with Crippen molar-refractivity contribution >= 4 is 24.1 Å². The molecule has 6 nitrogen and oxygen atoms in total. The fourth-order valence-electron chi connectivity index (χ4n) is 3.06. The highest BCUT2D eigenvalue weighted by atomic mass is 31.2. The molecule has 0 aromatic heterocycles. The van der Waals surface area contributed by atoms with Crippen molar-refractivity contribution in [2.75, 3.05) is 34.1 Å². The Morgan fingerprint density at radius 3 is 2.18 bits per heavy atom. The summed E-state index contributed by atoms with van der Waals surface area (Å²) in [4.78, 5) is 0. The predicted octanol–water partition coefficient (Wildman–Crippen LogP) is -0.512. The molecule has 2 aliphatic heterocycles. The van der Waals surface area contributed by atoms with Gasteiger partial charge in [0, 0.05) is 32.9 Å². The van der Waals surface area contributed by atoms with Gasteiger partial charge in [0.2, 0.25) is 0 Å². The Morgan fingerprint density at radius 2 is 1.59 bits per heavy atom. The molecule has 0 amide bonds.